The third kappa shape index (κ3) is 11.1. The van der Waals surface area contributed by atoms with E-state index in [1.807, 2.05) is 0 Å². The number of hydrogen-bond donors (Lipinski definition) is 2. The summed E-state index contributed by atoms with van der Waals surface area (Å²) in [6.45, 7) is 15.3. The standard InChI is InChI=1S/C28H54O4Si/c1-8-9-11-15-22(2)16-14-17-23-20-21-25(29)24(23)18-12-10-13-19-26(27(30)31)32-33(6,7)28(3,4)5/h20,22,24-26,29H,8-19,21H2,1-7H3,(H,30,31)/t22?,24-,25+,26?/m1/s1. The normalized spacial score (nSPS) is 21.2. The molecule has 0 spiro atoms. The Balaban J connectivity index is 2.36. The van der Waals surface area contributed by atoms with Crippen LogP contribution in [-0.2, 0) is 9.22 Å². The van der Waals surface area contributed by atoms with Gasteiger partial charge in [-0.3, -0.25) is 0 Å². The number of hydrogen-bond acceptors (Lipinski definition) is 3. The summed E-state index contributed by atoms with van der Waals surface area (Å²) in [4.78, 5) is 11.7. The van der Waals surface area contributed by atoms with Gasteiger partial charge in [0.25, 0.3) is 0 Å². The van der Waals surface area contributed by atoms with Crippen LogP contribution in [-0.4, -0.2) is 36.7 Å². The highest BCUT2D eigenvalue weighted by atomic mass is 28.4. The van der Waals surface area contributed by atoms with Crippen LogP contribution in [0.2, 0.25) is 18.1 Å². The van der Waals surface area contributed by atoms with E-state index in [0.29, 0.717) is 12.3 Å². The van der Waals surface area contributed by atoms with Gasteiger partial charge in [0.2, 0.25) is 0 Å². The average molecular weight is 483 g/mol. The monoisotopic (exact) mass is 482 g/mol. The topological polar surface area (TPSA) is 66.8 Å². The van der Waals surface area contributed by atoms with Crippen molar-refractivity contribution in [1.29, 1.82) is 0 Å². The van der Waals surface area contributed by atoms with Gasteiger partial charge >= 0.3 is 5.97 Å². The minimum absolute atomic E-state index is 0.00927. The largest absolute Gasteiger partial charge is 0.479 e. The molecule has 0 aromatic rings. The molecule has 0 radical (unpaired) electrons. The summed E-state index contributed by atoms with van der Waals surface area (Å²) in [7, 11) is -2.09. The maximum absolute atomic E-state index is 11.7. The van der Waals surface area contributed by atoms with E-state index in [-0.39, 0.29) is 11.1 Å². The first kappa shape index (κ1) is 30.4. The summed E-state index contributed by atoms with van der Waals surface area (Å²) >= 11 is 0. The first-order chi connectivity index (χ1) is 15.4. The lowest BCUT2D eigenvalue weighted by atomic mass is 9.88. The van der Waals surface area contributed by atoms with Crippen LogP contribution < -0.4 is 0 Å². The van der Waals surface area contributed by atoms with Crippen molar-refractivity contribution in [3.05, 3.63) is 11.6 Å². The molecule has 2 unspecified atom stereocenters. The maximum atomic E-state index is 11.7. The number of unbranched alkanes of at least 4 members (excludes halogenated alkanes) is 4. The Morgan fingerprint density at radius 1 is 1.09 bits per heavy atom. The average Bonchev–Trinajstić information content (AvgIpc) is 3.05. The summed E-state index contributed by atoms with van der Waals surface area (Å²) in [6.07, 6.45) is 15.6. The van der Waals surface area contributed by atoms with Crippen molar-refractivity contribution in [1.82, 2.24) is 0 Å². The molecule has 33 heavy (non-hydrogen) atoms. The van der Waals surface area contributed by atoms with E-state index in [0.717, 1.165) is 44.4 Å². The van der Waals surface area contributed by atoms with Crippen molar-refractivity contribution in [2.24, 2.45) is 11.8 Å². The lowest BCUT2D eigenvalue weighted by Crippen LogP contribution is -2.46. The van der Waals surface area contributed by atoms with Crippen LogP contribution in [0.3, 0.4) is 0 Å². The van der Waals surface area contributed by atoms with Crippen LogP contribution in [0.25, 0.3) is 0 Å². The Morgan fingerprint density at radius 3 is 2.33 bits per heavy atom. The zero-order chi connectivity index (χ0) is 25.1. The summed E-state index contributed by atoms with van der Waals surface area (Å²) in [6, 6.07) is 0. The zero-order valence-corrected chi connectivity index (χ0v) is 23.8. The second kappa shape index (κ2) is 14.7. The summed E-state index contributed by atoms with van der Waals surface area (Å²) in [5, 5.41) is 20.1. The molecule has 1 aliphatic rings. The van der Waals surface area contributed by atoms with E-state index in [9.17, 15) is 15.0 Å². The molecule has 2 N–H and O–H groups in total. The molecule has 0 aromatic heterocycles. The Bertz CT molecular complexity index is 593. The van der Waals surface area contributed by atoms with Gasteiger partial charge in [-0.25, -0.2) is 4.79 Å². The molecule has 194 valence electrons. The highest BCUT2D eigenvalue weighted by molar-refractivity contribution is 6.74. The number of carboxylic acids is 1. The van der Waals surface area contributed by atoms with Crippen molar-refractivity contribution >= 4 is 14.3 Å². The molecular formula is C28H54O4Si. The molecule has 0 bridgehead atoms. The van der Waals surface area contributed by atoms with E-state index in [1.165, 1.54) is 44.1 Å². The predicted octanol–water partition coefficient (Wildman–Crippen LogP) is 8.11. The van der Waals surface area contributed by atoms with E-state index in [4.69, 9.17) is 4.43 Å². The third-order valence-corrected chi connectivity index (χ3v) is 12.5. The van der Waals surface area contributed by atoms with E-state index in [1.54, 1.807) is 0 Å². The fraction of sp³-hybridized carbons (Fsp3) is 0.893. The maximum Gasteiger partial charge on any atom is 0.331 e. The van der Waals surface area contributed by atoms with Crippen molar-refractivity contribution < 1.29 is 19.4 Å². The molecule has 4 atom stereocenters. The number of carboxylic acid groups (broad SMARTS) is 1. The number of rotatable bonds is 17. The Morgan fingerprint density at radius 2 is 1.73 bits per heavy atom. The van der Waals surface area contributed by atoms with Gasteiger partial charge in [0.1, 0.15) is 6.10 Å². The lowest BCUT2D eigenvalue weighted by molar-refractivity contribution is -0.146. The quantitative estimate of drug-likeness (QED) is 0.125. The van der Waals surface area contributed by atoms with E-state index >= 15 is 0 Å². The summed E-state index contributed by atoms with van der Waals surface area (Å²) < 4.78 is 6.16. The van der Waals surface area contributed by atoms with Crippen LogP contribution >= 0.6 is 0 Å². The fourth-order valence-corrected chi connectivity index (χ4v) is 5.96. The van der Waals surface area contributed by atoms with E-state index < -0.39 is 20.4 Å². The van der Waals surface area contributed by atoms with Gasteiger partial charge in [-0.1, -0.05) is 97.6 Å². The van der Waals surface area contributed by atoms with Gasteiger partial charge in [0.15, 0.2) is 8.32 Å². The number of aliphatic hydroxyl groups is 1. The van der Waals surface area contributed by atoms with Gasteiger partial charge in [0.05, 0.1) is 6.10 Å². The fourth-order valence-electron chi connectivity index (χ4n) is 4.68. The molecule has 0 heterocycles. The van der Waals surface area contributed by atoms with Crippen LogP contribution in [0.5, 0.6) is 0 Å². The molecule has 0 amide bonds. The van der Waals surface area contributed by atoms with Gasteiger partial charge in [0, 0.05) is 5.92 Å². The second-order valence-electron chi connectivity index (χ2n) is 12.0. The highest BCUT2D eigenvalue weighted by Gasteiger charge is 2.40. The van der Waals surface area contributed by atoms with Crippen LogP contribution in [0, 0.1) is 11.8 Å². The minimum Gasteiger partial charge on any atom is -0.479 e. The van der Waals surface area contributed by atoms with Gasteiger partial charge < -0.3 is 14.6 Å². The summed E-state index contributed by atoms with van der Waals surface area (Å²) in [5.74, 6) is 0.275. The Labute approximate surface area is 205 Å². The van der Waals surface area contributed by atoms with Gasteiger partial charge in [-0.05, 0) is 56.2 Å². The summed E-state index contributed by atoms with van der Waals surface area (Å²) in [5.41, 5.74) is 1.47. The molecule has 4 nitrogen and oxygen atoms in total. The molecule has 5 heteroatoms. The Hall–Kier alpha value is -0.653. The highest BCUT2D eigenvalue weighted by Crippen LogP contribution is 2.38. The third-order valence-electron chi connectivity index (χ3n) is 8.03. The Kier molecular flexibility index (Phi) is 13.5. The molecule has 0 saturated heterocycles. The second-order valence-corrected chi connectivity index (χ2v) is 16.8. The SMILES string of the molecule is CCCCCC(C)CCCC1=CC[C@H](O)[C@@H]1CCCCCC(O[Si](C)(C)C(C)(C)C)C(=O)O. The number of aliphatic carboxylic acids is 1. The zero-order valence-electron chi connectivity index (χ0n) is 22.8. The molecule has 1 rings (SSSR count). The van der Waals surface area contributed by atoms with Crippen molar-refractivity contribution in [2.45, 2.75) is 148 Å². The van der Waals surface area contributed by atoms with Crippen LogP contribution in [0.15, 0.2) is 11.6 Å². The minimum atomic E-state index is -2.09. The van der Waals surface area contributed by atoms with Gasteiger partial charge in [-0.15, -0.1) is 0 Å². The van der Waals surface area contributed by atoms with Crippen molar-refractivity contribution in [3.63, 3.8) is 0 Å². The smallest absolute Gasteiger partial charge is 0.331 e. The number of aliphatic hydroxyl groups excluding tert-OH is 1. The first-order valence-corrected chi connectivity index (χ1v) is 16.6. The molecule has 0 saturated carbocycles. The van der Waals surface area contributed by atoms with Crippen molar-refractivity contribution in [3.8, 4) is 0 Å². The van der Waals surface area contributed by atoms with Crippen LogP contribution in [0.1, 0.15) is 118 Å². The first-order valence-electron chi connectivity index (χ1n) is 13.7. The van der Waals surface area contributed by atoms with E-state index in [2.05, 4.69) is 53.8 Å². The molecule has 0 fully saturated rings. The molecule has 0 aliphatic heterocycles. The molecule has 0 aromatic carbocycles. The van der Waals surface area contributed by atoms with Crippen LogP contribution in [0.4, 0.5) is 0 Å². The molecular weight excluding hydrogens is 428 g/mol. The van der Waals surface area contributed by atoms with Crippen molar-refractivity contribution in [2.75, 3.05) is 0 Å². The lowest BCUT2D eigenvalue weighted by Gasteiger charge is -2.38. The molecule has 1 aliphatic carbocycles. The van der Waals surface area contributed by atoms with Gasteiger partial charge in [-0.2, -0.15) is 0 Å². The number of carbonyl (C=O) groups is 1. The predicted molar refractivity (Wildman–Crippen MR) is 142 cm³/mol.